The number of carboxylic acids is 1. The van der Waals surface area contributed by atoms with Crippen LogP contribution >= 0.6 is 0 Å². The molecule has 3 rings (SSSR count). The molecule has 4 amide bonds. The number of imide groups is 2. The van der Waals surface area contributed by atoms with Crippen molar-refractivity contribution in [1.82, 2.24) is 10.2 Å². The van der Waals surface area contributed by atoms with Gasteiger partial charge >= 0.3 is 5.97 Å². The molecule has 1 saturated heterocycles. The van der Waals surface area contributed by atoms with E-state index in [1.165, 1.54) is 12.1 Å². The molecule has 21 heavy (non-hydrogen) atoms. The molecular formula is C13H8N2O6. The fourth-order valence-corrected chi connectivity index (χ4v) is 2.42. The Kier molecular flexibility index (Phi) is 2.62. The van der Waals surface area contributed by atoms with Crippen LogP contribution in [0.4, 0.5) is 0 Å². The highest BCUT2D eigenvalue weighted by atomic mass is 16.4. The summed E-state index contributed by atoms with van der Waals surface area (Å²) < 4.78 is 0. The van der Waals surface area contributed by atoms with Crippen molar-refractivity contribution in [3.05, 3.63) is 34.9 Å². The topological polar surface area (TPSA) is 121 Å². The van der Waals surface area contributed by atoms with E-state index in [4.69, 9.17) is 5.11 Å². The van der Waals surface area contributed by atoms with Gasteiger partial charge in [-0.25, -0.2) is 4.79 Å². The minimum absolute atomic E-state index is 0.0251. The maximum atomic E-state index is 12.2. The number of benzene rings is 1. The molecule has 2 aliphatic rings. The van der Waals surface area contributed by atoms with Gasteiger partial charge in [-0.15, -0.1) is 0 Å². The predicted octanol–water partition coefficient (Wildman–Crippen LogP) is -0.604. The first-order valence-corrected chi connectivity index (χ1v) is 5.99. The van der Waals surface area contributed by atoms with E-state index in [9.17, 15) is 24.0 Å². The van der Waals surface area contributed by atoms with Crippen LogP contribution in [-0.4, -0.2) is 45.6 Å². The number of carboxylic acid groups (broad SMARTS) is 1. The second kappa shape index (κ2) is 4.23. The molecular weight excluding hydrogens is 280 g/mol. The molecule has 2 heterocycles. The molecule has 0 bridgehead atoms. The van der Waals surface area contributed by atoms with Gasteiger partial charge in [0.25, 0.3) is 11.8 Å². The van der Waals surface area contributed by atoms with E-state index in [0.717, 1.165) is 6.07 Å². The van der Waals surface area contributed by atoms with Crippen molar-refractivity contribution in [1.29, 1.82) is 0 Å². The summed E-state index contributed by atoms with van der Waals surface area (Å²) in [5, 5.41) is 10.9. The SMILES string of the molecule is O=C1CC(N2C(=O)c3ccc(C(=O)O)cc3C2=O)C(=O)N1. The molecule has 2 aliphatic heterocycles. The Morgan fingerprint density at radius 2 is 1.81 bits per heavy atom. The largest absolute Gasteiger partial charge is 0.478 e. The third kappa shape index (κ3) is 1.80. The molecule has 0 spiro atoms. The number of nitrogens with zero attached hydrogens (tertiary/aromatic N) is 1. The fraction of sp³-hybridized carbons (Fsp3) is 0.154. The number of carbonyl (C=O) groups excluding carboxylic acids is 4. The van der Waals surface area contributed by atoms with Crippen molar-refractivity contribution in [3.63, 3.8) is 0 Å². The van der Waals surface area contributed by atoms with Crippen LogP contribution in [0.2, 0.25) is 0 Å². The number of hydrogen-bond acceptors (Lipinski definition) is 5. The van der Waals surface area contributed by atoms with Gasteiger partial charge in [0.05, 0.1) is 23.1 Å². The molecule has 0 aliphatic carbocycles. The Hall–Kier alpha value is -3.03. The molecule has 106 valence electrons. The van der Waals surface area contributed by atoms with E-state index < -0.39 is 35.6 Å². The molecule has 1 aromatic rings. The summed E-state index contributed by atoms with van der Waals surface area (Å²) in [7, 11) is 0. The summed E-state index contributed by atoms with van der Waals surface area (Å²) >= 11 is 0. The van der Waals surface area contributed by atoms with Gasteiger partial charge in [-0.2, -0.15) is 0 Å². The number of rotatable bonds is 2. The summed E-state index contributed by atoms with van der Waals surface area (Å²) in [6.45, 7) is 0. The predicted molar refractivity (Wildman–Crippen MR) is 65.5 cm³/mol. The smallest absolute Gasteiger partial charge is 0.335 e. The quantitative estimate of drug-likeness (QED) is 0.701. The Morgan fingerprint density at radius 1 is 1.14 bits per heavy atom. The first-order valence-electron chi connectivity index (χ1n) is 5.99. The Labute approximate surface area is 117 Å². The van der Waals surface area contributed by atoms with Gasteiger partial charge in [0.1, 0.15) is 6.04 Å². The lowest BCUT2D eigenvalue weighted by molar-refractivity contribution is -0.125. The molecule has 0 radical (unpaired) electrons. The van der Waals surface area contributed by atoms with Gasteiger partial charge in [0.15, 0.2) is 0 Å². The van der Waals surface area contributed by atoms with Crippen molar-refractivity contribution >= 4 is 29.6 Å². The third-order valence-electron chi connectivity index (χ3n) is 3.42. The molecule has 1 unspecified atom stereocenters. The van der Waals surface area contributed by atoms with Crippen LogP contribution in [-0.2, 0) is 9.59 Å². The van der Waals surface area contributed by atoms with Crippen LogP contribution in [0.25, 0.3) is 0 Å². The first-order chi connectivity index (χ1) is 9.90. The molecule has 0 aromatic heterocycles. The van der Waals surface area contributed by atoms with Crippen molar-refractivity contribution in [2.45, 2.75) is 12.5 Å². The van der Waals surface area contributed by atoms with Crippen molar-refractivity contribution in [2.75, 3.05) is 0 Å². The third-order valence-corrected chi connectivity index (χ3v) is 3.42. The average Bonchev–Trinajstić information content (AvgIpc) is 2.87. The normalized spacial score (nSPS) is 20.8. The Morgan fingerprint density at radius 3 is 2.38 bits per heavy atom. The highest BCUT2D eigenvalue weighted by Gasteiger charge is 2.46. The van der Waals surface area contributed by atoms with Crippen LogP contribution in [0.3, 0.4) is 0 Å². The molecule has 1 fully saturated rings. The lowest BCUT2D eigenvalue weighted by Gasteiger charge is -2.18. The van der Waals surface area contributed by atoms with Crippen LogP contribution in [0.1, 0.15) is 37.5 Å². The van der Waals surface area contributed by atoms with E-state index in [0.29, 0.717) is 4.90 Å². The fourth-order valence-electron chi connectivity index (χ4n) is 2.42. The van der Waals surface area contributed by atoms with Crippen LogP contribution in [0.15, 0.2) is 18.2 Å². The highest BCUT2D eigenvalue weighted by molar-refractivity contribution is 6.24. The van der Waals surface area contributed by atoms with Crippen molar-refractivity contribution in [2.24, 2.45) is 0 Å². The molecule has 8 nitrogen and oxygen atoms in total. The second-order valence-electron chi connectivity index (χ2n) is 4.68. The number of hydrogen-bond donors (Lipinski definition) is 2. The number of carbonyl (C=O) groups is 5. The summed E-state index contributed by atoms with van der Waals surface area (Å²) in [5.74, 6) is -3.99. The van der Waals surface area contributed by atoms with Crippen LogP contribution in [0.5, 0.6) is 0 Å². The maximum absolute atomic E-state index is 12.2. The van der Waals surface area contributed by atoms with Gasteiger partial charge in [0.2, 0.25) is 11.8 Å². The zero-order valence-corrected chi connectivity index (χ0v) is 10.5. The number of fused-ring (bicyclic) bond motifs is 1. The van der Waals surface area contributed by atoms with E-state index in [-0.39, 0.29) is 23.1 Å². The zero-order chi connectivity index (χ0) is 15.3. The van der Waals surface area contributed by atoms with E-state index in [2.05, 4.69) is 0 Å². The number of nitrogens with one attached hydrogen (secondary N) is 1. The van der Waals surface area contributed by atoms with Gasteiger partial charge in [-0.05, 0) is 18.2 Å². The average molecular weight is 288 g/mol. The zero-order valence-electron chi connectivity index (χ0n) is 10.5. The summed E-state index contributed by atoms with van der Waals surface area (Å²) in [6.07, 6.45) is -0.282. The summed E-state index contributed by atoms with van der Waals surface area (Å²) in [6, 6.07) is 2.34. The number of amides is 4. The minimum atomic E-state index is -1.23. The second-order valence-corrected chi connectivity index (χ2v) is 4.68. The van der Waals surface area contributed by atoms with E-state index in [1.807, 2.05) is 5.32 Å². The Bertz CT molecular complexity index is 738. The van der Waals surface area contributed by atoms with Crippen LogP contribution in [0, 0.1) is 0 Å². The standard InChI is InChI=1S/C13H8N2O6/c16-9-4-8(10(17)14-9)15-11(18)6-2-1-5(13(20)21)3-7(6)12(15)19/h1-3,8H,4H2,(H,20,21)(H,14,16,17). The highest BCUT2D eigenvalue weighted by Crippen LogP contribution is 2.28. The summed E-state index contributed by atoms with van der Waals surface area (Å²) in [4.78, 5) is 58.9. The van der Waals surface area contributed by atoms with Gasteiger partial charge in [-0.3, -0.25) is 29.4 Å². The minimum Gasteiger partial charge on any atom is -0.478 e. The molecule has 2 N–H and O–H groups in total. The van der Waals surface area contributed by atoms with Crippen LogP contribution < -0.4 is 5.32 Å². The molecule has 1 aromatic carbocycles. The lowest BCUT2D eigenvalue weighted by Crippen LogP contribution is -2.44. The lowest BCUT2D eigenvalue weighted by atomic mass is 10.1. The van der Waals surface area contributed by atoms with E-state index in [1.54, 1.807) is 0 Å². The molecule has 8 heteroatoms. The van der Waals surface area contributed by atoms with E-state index >= 15 is 0 Å². The maximum Gasteiger partial charge on any atom is 0.335 e. The Balaban J connectivity index is 2.03. The van der Waals surface area contributed by atoms with Gasteiger partial charge < -0.3 is 5.11 Å². The molecule has 0 saturated carbocycles. The van der Waals surface area contributed by atoms with Gasteiger partial charge in [0, 0.05) is 0 Å². The van der Waals surface area contributed by atoms with Crippen molar-refractivity contribution < 1.29 is 29.1 Å². The first kappa shape index (κ1) is 13.0. The summed E-state index contributed by atoms with van der Waals surface area (Å²) in [5.41, 5.74) is -0.187. The monoisotopic (exact) mass is 288 g/mol. The molecule has 1 atom stereocenters. The van der Waals surface area contributed by atoms with Crippen molar-refractivity contribution in [3.8, 4) is 0 Å². The number of aromatic carboxylic acids is 1. The van der Waals surface area contributed by atoms with Gasteiger partial charge in [-0.1, -0.05) is 0 Å².